The molecule has 21 heavy (non-hydrogen) atoms. The van der Waals surface area contributed by atoms with E-state index in [0.29, 0.717) is 26.2 Å². The van der Waals surface area contributed by atoms with Crippen LogP contribution >= 0.6 is 0 Å². The fourth-order valence-electron chi connectivity index (χ4n) is 3.28. The van der Waals surface area contributed by atoms with Crippen LogP contribution in [0.1, 0.15) is 43.8 Å². The van der Waals surface area contributed by atoms with Gasteiger partial charge in [0.25, 0.3) is 10.2 Å². The number of nitrogens with zero attached hydrogens (tertiary/aromatic N) is 5. The van der Waals surface area contributed by atoms with E-state index in [1.165, 1.54) is 0 Å². The van der Waals surface area contributed by atoms with Crippen molar-refractivity contribution >= 4 is 10.2 Å². The van der Waals surface area contributed by atoms with E-state index in [1.807, 2.05) is 11.6 Å². The van der Waals surface area contributed by atoms with Crippen molar-refractivity contribution in [1.82, 2.24) is 23.4 Å². The van der Waals surface area contributed by atoms with Gasteiger partial charge >= 0.3 is 0 Å². The molecule has 118 valence electrons. The maximum Gasteiger partial charge on any atom is 0.281 e. The molecular formula is C13H23N5O2S. The van der Waals surface area contributed by atoms with Gasteiger partial charge in [-0.05, 0) is 25.7 Å². The number of piperidine rings is 2. The SMILES string of the molecule is Cn1cnnc1C1CCCN(S(=O)(=O)N2CCCCC2)C1. The monoisotopic (exact) mass is 313 g/mol. The van der Waals surface area contributed by atoms with Gasteiger partial charge in [-0.2, -0.15) is 17.0 Å². The van der Waals surface area contributed by atoms with E-state index >= 15 is 0 Å². The Morgan fingerprint density at radius 3 is 2.48 bits per heavy atom. The highest BCUT2D eigenvalue weighted by atomic mass is 32.2. The predicted octanol–water partition coefficient (Wildman–Crippen LogP) is 0.725. The van der Waals surface area contributed by atoms with Gasteiger partial charge in [0.1, 0.15) is 12.2 Å². The van der Waals surface area contributed by atoms with Crippen LogP contribution in [0, 0.1) is 0 Å². The molecule has 1 atom stereocenters. The number of aromatic nitrogens is 3. The van der Waals surface area contributed by atoms with Crippen LogP contribution in [0.15, 0.2) is 6.33 Å². The van der Waals surface area contributed by atoms with Crippen molar-refractivity contribution in [2.45, 2.75) is 38.0 Å². The molecule has 0 spiro atoms. The van der Waals surface area contributed by atoms with Gasteiger partial charge in [0.2, 0.25) is 0 Å². The summed E-state index contributed by atoms with van der Waals surface area (Å²) in [7, 11) is -1.40. The van der Waals surface area contributed by atoms with E-state index in [4.69, 9.17) is 0 Å². The van der Waals surface area contributed by atoms with Crippen LogP contribution in [0.4, 0.5) is 0 Å². The molecule has 0 saturated carbocycles. The van der Waals surface area contributed by atoms with Crippen molar-refractivity contribution < 1.29 is 8.42 Å². The van der Waals surface area contributed by atoms with Gasteiger partial charge in [0.15, 0.2) is 0 Å². The minimum Gasteiger partial charge on any atom is -0.320 e. The van der Waals surface area contributed by atoms with Crippen LogP contribution in [0.25, 0.3) is 0 Å². The van der Waals surface area contributed by atoms with Crippen LogP contribution in [0.3, 0.4) is 0 Å². The van der Waals surface area contributed by atoms with E-state index in [1.54, 1.807) is 14.9 Å². The molecule has 3 heterocycles. The summed E-state index contributed by atoms with van der Waals surface area (Å²) >= 11 is 0. The molecule has 7 nitrogen and oxygen atoms in total. The van der Waals surface area contributed by atoms with Crippen molar-refractivity contribution in [3.8, 4) is 0 Å². The van der Waals surface area contributed by atoms with Crippen molar-refractivity contribution in [3.63, 3.8) is 0 Å². The van der Waals surface area contributed by atoms with Crippen LogP contribution in [-0.4, -0.2) is 58.0 Å². The van der Waals surface area contributed by atoms with E-state index in [9.17, 15) is 8.42 Å². The second-order valence-corrected chi connectivity index (χ2v) is 7.89. The largest absolute Gasteiger partial charge is 0.320 e. The van der Waals surface area contributed by atoms with E-state index in [-0.39, 0.29) is 5.92 Å². The predicted molar refractivity (Wildman–Crippen MR) is 78.9 cm³/mol. The summed E-state index contributed by atoms with van der Waals surface area (Å²) in [5, 5.41) is 8.05. The Hall–Kier alpha value is -0.990. The maximum atomic E-state index is 12.7. The topological polar surface area (TPSA) is 71.3 Å². The van der Waals surface area contributed by atoms with Gasteiger partial charge in [-0.15, -0.1) is 10.2 Å². The zero-order valence-electron chi connectivity index (χ0n) is 12.5. The molecular weight excluding hydrogens is 290 g/mol. The second kappa shape index (κ2) is 6.02. The molecule has 2 aliphatic rings. The van der Waals surface area contributed by atoms with Gasteiger partial charge in [0, 0.05) is 39.1 Å². The summed E-state index contributed by atoms with van der Waals surface area (Å²) in [5.41, 5.74) is 0. The lowest BCUT2D eigenvalue weighted by Crippen LogP contribution is -2.49. The van der Waals surface area contributed by atoms with Crippen molar-refractivity contribution in [3.05, 3.63) is 12.2 Å². The third-order valence-corrected chi connectivity index (χ3v) is 6.47. The van der Waals surface area contributed by atoms with Crippen molar-refractivity contribution in [2.24, 2.45) is 7.05 Å². The fourth-order valence-corrected chi connectivity index (χ4v) is 5.06. The van der Waals surface area contributed by atoms with E-state index < -0.39 is 10.2 Å². The van der Waals surface area contributed by atoms with Gasteiger partial charge in [0.05, 0.1) is 0 Å². The average molecular weight is 313 g/mol. The first-order chi connectivity index (χ1) is 10.1. The van der Waals surface area contributed by atoms with Crippen molar-refractivity contribution in [2.75, 3.05) is 26.2 Å². The molecule has 0 radical (unpaired) electrons. The standard InChI is InChI=1S/C13H23N5O2S/c1-16-11-14-15-13(16)12-6-5-9-18(10-12)21(19,20)17-7-3-2-4-8-17/h11-12H,2-10H2,1H3. The van der Waals surface area contributed by atoms with Crippen LogP contribution < -0.4 is 0 Å². The summed E-state index contributed by atoms with van der Waals surface area (Å²) in [6, 6.07) is 0. The minimum absolute atomic E-state index is 0.144. The highest BCUT2D eigenvalue weighted by Gasteiger charge is 2.35. The Labute approximate surface area is 126 Å². The normalized spacial score (nSPS) is 26.0. The van der Waals surface area contributed by atoms with E-state index in [0.717, 1.165) is 37.9 Å². The maximum absolute atomic E-state index is 12.7. The lowest BCUT2D eigenvalue weighted by atomic mass is 9.99. The first-order valence-corrected chi connectivity index (χ1v) is 9.08. The Morgan fingerprint density at radius 2 is 1.81 bits per heavy atom. The average Bonchev–Trinajstić information content (AvgIpc) is 2.94. The molecule has 0 aromatic carbocycles. The van der Waals surface area contributed by atoms with Crippen LogP contribution in [0.2, 0.25) is 0 Å². The summed E-state index contributed by atoms with van der Waals surface area (Å²) < 4.78 is 30.7. The van der Waals surface area contributed by atoms with Gasteiger partial charge in [-0.3, -0.25) is 0 Å². The molecule has 0 aliphatic carbocycles. The Kier molecular flexibility index (Phi) is 4.28. The molecule has 0 bridgehead atoms. The third kappa shape index (κ3) is 2.97. The lowest BCUT2D eigenvalue weighted by molar-refractivity contribution is 0.263. The summed E-state index contributed by atoms with van der Waals surface area (Å²) in [4.78, 5) is 0. The van der Waals surface area contributed by atoms with Gasteiger partial charge < -0.3 is 4.57 Å². The molecule has 1 unspecified atom stereocenters. The third-order valence-electron chi connectivity index (χ3n) is 4.46. The van der Waals surface area contributed by atoms with E-state index in [2.05, 4.69) is 10.2 Å². The molecule has 2 saturated heterocycles. The van der Waals surface area contributed by atoms with Crippen molar-refractivity contribution in [1.29, 1.82) is 0 Å². The minimum atomic E-state index is -3.31. The quantitative estimate of drug-likeness (QED) is 0.824. The highest BCUT2D eigenvalue weighted by molar-refractivity contribution is 7.86. The number of aryl methyl sites for hydroxylation is 1. The number of hydrogen-bond acceptors (Lipinski definition) is 4. The molecule has 2 fully saturated rings. The van der Waals surface area contributed by atoms with Crippen LogP contribution in [0.5, 0.6) is 0 Å². The molecule has 0 amide bonds. The highest BCUT2D eigenvalue weighted by Crippen LogP contribution is 2.28. The van der Waals surface area contributed by atoms with Gasteiger partial charge in [-0.25, -0.2) is 0 Å². The summed E-state index contributed by atoms with van der Waals surface area (Å²) in [6.07, 6.45) is 6.60. The Balaban J connectivity index is 1.75. The number of hydrogen-bond donors (Lipinski definition) is 0. The summed E-state index contributed by atoms with van der Waals surface area (Å²) in [5.74, 6) is 1.03. The van der Waals surface area contributed by atoms with Crippen LogP contribution in [-0.2, 0) is 17.3 Å². The smallest absolute Gasteiger partial charge is 0.281 e. The molecule has 0 N–H and O–H groups in total. The first kappa shape index (κ1) is 14.9. The molecule has 2 aliphatic heterocycles. The zero-order valence-corrected chi connectivity index (χ0v) is 13.3. The molecule has 1 aromatic rings. The first-order valence-electron chi connectivity index (χ1n) is 7.68. The second-order valence-electron chi connectivity index (χ2n) is 5.96. The molecule has 8 heteroatoms. The molecule has 1 aromatic heterocycles. The lowest BCUT2D eigenvalue weighted by Gasteiger charge is -2.36. The number of rotatable bonds is 3. The Morgan fingerprint density at radius 1 is 1.10 bits per heavy atom. The zero-order chi connectivity index (χ0) is 14.9. The summed E-state index contributed by atoms with van der Waals surface area (Å²) in [6.45, 7) is 2.46. The molecule has 3 rings (SSSR count). The Bertz CT molecular complexity index is 579. The van der Waals surface area contributed by atoms with Gasteiger partial charge in [-0.1, -0.05) is 6.42 Å². The fraction of sp³-hybridized carbons (Fsp3) is 0.846.